The van der Waals surface area contributed by atoms with Gasteiger partial charge in [0, 0.05) is 25.0 Å². The van der Waals surface area contributed by atoms with Crippen LogP contribution >= 0.6 is 11.8 Å². The van der Waals surface area contributed by atoms with E-state index in [0.717, 1.165) is 34.6 Å². The fourth-order valence-electron chi connectivity index (χ4n) is 3.32. The summed E-state index contributed by atoms with van der Waals surface area (Å²) in [6.45, 7) is 0. The monoisotopic (exact) mass is 406 g/mol. The zero-order valence-corrected chi connectivity index (χ0v) is 17.1. The zero-order chi connectivity index (χ0) is 20.2. The molecule has 1 unspecified atom stereocenters. The van der Waals surface area contributed by atoms with E-state index in [1.807, 2.05) is 43.4 Å². The fourth-order valence-corrected chi connectivity index (χ4v) is 3.79. The Hall–Kier alpha value is -3.13. The molecule has 0 aliphatic carbocycles. The maximum absolute atomic E-state index is 12.9. The molecule has 0 aliphatic heterocycles. The van der Waals surface area contributed by atoms with Crippen molar-refractivity contribution in [1.29, 1.82) is 0 Å². The van der Waals surface area contributed by atoms with E-state index in [1.54, 1.807) is 30.2 Å². The van der Waals surface area contributed by atoms with Crippen molar-refractivity contribution in [2.45, 2.75) is 12.5 Å². The molecule has 1 atom stereocenters. The predicted molar refractivity (Wildman–Crippen MR) is 116 cm³/mol. The van der Waals surface area contributed by atoms with E-state index < -0.39 is 0 Å². The van der Waals surface area contributed by atoms with Crippen LogP contribution in [0.1, 0.15) is 28.8 Å². The first kappa shape index (κ1) is 19.2. The van der Waals surface area contributed by atoms with Crippen LogP contribution in [0.5, 0.6) is 0 Å². The second kappa shape index (κ2) is 8.48. The number of amides is 1. The molecule has 0 saturated carbocycles. The van der Waals surface area contributed by atoms with Gasteiger partial charge < -0.3 is 9.88 Å². The number of rotatable bonds is 7. The number of H-pyrrole nitrogens is 1. The molecule has 8 heteroatoms. The van der Waals surface area contributed by atoms with Gasteiger partial charge in [-0.05, 0) is 48.8 Å². The summed E-state index contributed by atoms with van der Waals surface area (Å²) in [6.07, 6.45) is 6.25. The number of para-hydroxylation sites is 2. The lowest BCUT2D eigenvalue weighted by Gasteiger charge is -2.18. The molecule has 1 aromatic carbocycles. The number of imidazole rings is 1. The molecule has 0 radical (unpaired) electrons. The summed E-state index contributed by atoms with van der Waals surface area (Å²) in [4.78, 5) is 21.7. The summed E-state index contributed by atoms with van der Waals surface area (Å²) < 4.78 is 2.05. The Morgan fingerprint density at radius 2 is 2.03 bits per heavy atom. The van der Waals surface area contributed by atoms with Crippen molar-refractivity contribution in [3.05, 3.63) is 66.4 Å². The van der Waals surface area contributed by atoms with Crippen molar-refractivity contribution in [3.63, 3.8) is 0 Å². The van der Waals surface area contributed by atoms with Crippen molar-refractivity contribution >= 4 is 28.7 Å². The van der Waals surface area contributed by atoms with Gasteiger partial charge in [-0.2, -0.15) is 16.9 Å². The van der Waals surface area contributed by atoms with E-state index in [9.17, 15) is 4.79 Å². The van der Waals surface area contributed by atoms with Crippen LogP contribution in [0.25, 0.3) is 22.3 Å². The SMILES string of the molecule is CSCCC(NC(=O)c1cc(-c2ccncc2)n[nH]1)c1nc2ccccc2n1C. The molecule has 4 rings (SSSR count). The fraction of sp³-hybridized carbons (Fsp3) is 0.238. The average Bonchev–Trinajstić information content (AvgIpc) is 3.37. The van der Waals surface area contributed by atoms with Crippen LogP contribution in [0.2, 0.25) is 0 Å². The third-order valence-electron chi connectivity index (χ3n) is 4.85. The normalized spacial score (nSPS) is 12.2. The summed E-state index contributed by atoms with van der Waals surface area (Å²) in [5.74, 6) is 1.57. The Morgan fingerprint density at radius 1 is 1.24 bits per heavy atom. The Morgan fingerprint density at radius 3 is 2.79 bits per heavy atom. The summed E-state index contributed by atoms with van der Waals surface area (Å²) in [5.41, 5.74) is 4.01. The van der Waals surface area contributed by atoms with E-state index in [0.29, 0.717) is 11.4 Å². The van der Waals surface area contributed by atoms with Gasteiger partial charge in [0.1, 0.15) is 11.5 Å². The standard InChI is InChI=1S/C21H22N6OS/c1-27-19-6-4-3-5-15(19)23-20(27)16(9-12-29-2)24-21(28)18-13-17(25-26-18)14-7-10-22-11-8-14/h3-8,10-11,13,16H,9,12H2,1-2H3,(H,24,28)(H,25,26). The highest BCUT2D eigenvalue weighted by Crippen LogP contribution is 2.23. The number of carbonyl (C=O) groups is 1. The van der Waals surface area contributed by atoms with Crippen LogP contribution in [0.15, 0.2) is 54.9 Å². The first-order chi connectivity index (χ1) is 14.2. The van der Waals surface area contributed by atoms with Crippen LogP contribution in [-0.4, -0.2) is 42.6 Å². The molecule has 1 amide bonds. The predicted octanol–water partition coefficient (Wildman–Crippen LogP) is 3.58. The lowest BCUT2D eigenvalue weighted by atomic mass is 10.1. The minimum atomic E-state index is -0.198. The molecule has 0 spiro atoms. The van der Waals surface area contributed by atoms with Gasteiger partial charge in [-0.1, -0.05) is 12.1 Å². The summed E-state index contributed by atoms with van der Waals surface area (Å²) in [7, 11) is 1.99. The number of nitrogens with zero attached hydrogens (tertiary/aromatic N) is 4. The maximum Gasteiger partial charge on any atom is 0.269 e. The van der Waals surface area contributed by atoms with Gasteiger partial charge in [-0.3, -0.25) is 14.9 Å². The molecule has 4 aromatic rings. The minimum Gasteiger partial charge on any atom is -0.341 e. The molecule has 0 saturated heterocycles. The molecule has 2 N–H and O–H groups in total. The number of aryl methyl sites for hydroxylation is 1. The Balaban J connectivity index is 1.59. The Labute approximate surface area is 173 Å². The van der Waals surface area contributed by atoms with E-state index in [4.69, 9.17) is 4.98 Å². The lowest BCUT2D eigenvalue weighted by molar-refractivity contribution is 0.0928. The average molecular weight is 407 g/mol. The number of thioether (sulfide) groups is 1. The first-order valence-corrected chi connectivity index (χ1v) is 10.7. The maximum atomic E-state index is 12.9. The third kappa shape index (κ3) is 4.02. The smallest absolute Gasteiger partial charge is 0.269 e. The van der Waals surface area contributed by atoms with Gasteiger partial charge in [-0.15, -0.1) is 0 Å². The highest BCUT2D eigenvalue weighted by Gasteiger charge is 2.22. The van der Waals surface area contributed by atoms with Gasteiger partial charge in [0.15, 0.2) is 0 Å². The van der Waals surface area contributed by atoms with Crippen LogP contribution in [0, 0.1) is 0 Å². The van der Waals surface area contributed by atoms with Gasteiger partial charge in [0.2, 0.25) is 0 Å². The molecule has 0 fully saturated rings. The number of pyridine rings is 1. The molecule has 148 valence electrons. The number of carbonyl (C=O) groups excluding carboxylic acids is 1. The van der Waals surface area contributed by atoms with Crippen molar-refractivity contribution in [2.24, 2.45) is 7.05 Å². The van der Waals surface area contributed by atoms with E-state index in [-0.39, 0.29) is 11.9 Å². The number of fused-ring (bicyclic) bond motifs is 1. The second-order valence-corrected chi connectivity index (χ2v) is 7.71. The van der Waals surface area contributed by atoms with Crippen LogP contribution in [0.3, 0.4) is 0 Å². The van der Waals surface area contributed by atoms with E-state index in [1.165, 1.54) is 0 Å². The van der Waals surface area contributed by atoms with Crippen molar-refractivity contribution < 1.29 is 4.79 Å². The highest BCUT2D eigenvalue weighted by molar-refractivity contribution is 7.98. The summed E-state index contributed by atoms with van der Waals surface area (Å²) >= 11 is 1.75. The Bertz CT molecular complexity index is 1120. The number of aromatic nitrogens is 5. The quantitative estimate of drug-likeness (QED) is 0.490. The van der Waals surface area contributed by atoms with Gasteiger partial charge in [0.05, 0.1) is 22.8 Å². The number of benzene rings is 1. The van der Waals surface area contributed by atoms with Crippen LogP contribution in [-0.2, 0) is 7.05 Å². The Kier molecular flexibility index (Phi) is 5.62. The number of nitrogens with one attached hydrogen (secondary N) is 2. The van der Waals surface area contributed by atoms with E-state index >= 15 is 0 Å². The minimum absolute atomic E-state index is 0.194. The molecule has 0 aliphatic rings. The van der Waals surface area contributed by atoms with Crippen molar-refractivity contribution in [3.8, 4) is 11.3 Å². The first-order valence-electron chi connectivity index (χ1n) is 9.34. The highest BCUT2D eigenvalue weighted by atomic mass is 32.2. The van der Waals surface area contributed by atoms with Gasteiger partial charge >= 0.3 is 0 Å². The summed E-state index contributed by atoms with van der Waals surface area (Å²) in [6, 6.07) is 13.3. The molecular formula is C21H22N6OS. The van der Waals surface area contributed by atoms with Gasteiger partial charge in [0.25, 0.3) is 5.91 Å². The topological polar surface area (TPSA) is 88.5 Å². The molecule has 7 nitrogen and oxygen atoms in total. The second-order valence-electron chi connectivity index (χ2n) is 6.73. The zero-order valence-electron chi connectivity index (χ0n) is 16.3. The lowest BCUT2D eigenvalue weighted by Crippen LogP contribution is -2.31. The van der Waals surface area contributed by atoms with Gasteiger partial charge in [-0.25, -0.2) is 4.98 Å². The van der Waals surface area contributed by atoms with Crippen molar-refractivity contribution in [2.75, 3.05) is 12.0 Å². The van der Waals surface area contributed by atoms with Crippen LogP contribution < -0.4 is 5.32 Å². The van der Waals surface area contributed by atoms with Crippen LogP contribution in [0.4, 0.5) is 0 Å². The number of aromatic amines is 1. The number of hydrogen-bond acceptors (Lipinski definition) is 5. The molecule has 0 bridgehead atoms. The number of hydrogen-bond donors (Lipinski definition) is 2. The summed E-state index contributed by atoms with van der Waals surface area (Å²) in [5, 5.41) is 10.2. The molecule has 3 aromatic heterocycles. The molecule has 3 heterocycles. The molecular weight excluding hydrogens is 384 g/mol. The molecule has 29 heavy (non-hydrogen) atoms. The largest absolute Gasteiger partial charge is 0.341 e. The van der Waals surface area contributed by atoms with E-state index in [2.05, 4.69) is 31.3 Å². The third-order valence-corrected chi connectivity index (χ3v) is 5.49. The van der Waals surface area contributed by atoms with Crippen molar-refractivity contribution in [1.82, 2.24) is 30.0 Å².